The molecule has 2 amide bonds. The highest BCUT2D eigenvalue weighted by atomic mass is 16.2. The van der Waals surface area contributed by atoms with E-state index in [1.165, 1.54) is 12.2 Å². The molecule has 0 aliphatic rings. The Bertz CT molecular complexity index is 620. The Morgan fingerprint density at radius 2 is 1.88 bits per heavy atom. The van der Waals surface area contributed by atoms with E-state index in [4.69, 9.17) is 0 Å². The van der Waals surface area contributed by atoms with Gasteiger partial charge in [0.05, 0.1) is 19.3 Å². The number of carbonyl (C=O) groups excluding carboxylic acids is 3. The molecule has 138 valence electrons. The number of nitrogens with zero attached hydrogens (tertiary/aromatic N) is 3. The van der Waals surface area contributed by atoms with Crippen molar-refractivity contribution in [3.8, 4) is 0 Å². The van der Waals surface area contributed by atoms with Crippen molar-refractivity contribution in [2.24, 2.45) is 11.8 Å². The number of aryl methyl sites for hydroxylation is 1. The van der Waals surface area contributed by atoms with Crippen molar-refractivity contribution < 1.29 is 14.4 Å². The average molecular weight is 349 g/mol. The van der Waals surface area contributed by atoms with Crippen LogP contribution >= 0.6 is 0 Å². The molecule has 8 nitrogen and oxygen atoms in total. The van der Waals surface area contributed by atoms with E-state index in [2.05, 4.69) is 20.9 Å². The molecule has 2 N–H and O–H groups in total. The molecule has 0 saturated heterocycles. The summed E-state index contributed by atoms with van der Waals surface area (Å²) >= 11 is 0. The summed E-state index contributed by atoms with van der Waals surface area (Å²) in [7, 11) is 0. The fourth-order valence-corrected chi connectivity index (χ4v) is 1.74. The van der Waals surface area contributed by atoms with Gasteiger partial charge in [0, 0.05) is 25.0 Å². The maximum absolute atomic E-state index is 11.7. The Hall–Kier alpha value is -2.51. The van der Waals surface area contributed by atoms with Crippen LogP contribution in [0.4, 0.5) is 0 Å². The molecule has 1 rings (SSSR count). The summed E-state index contributed by atoms with van der Waals surface area (Å²) in [4.78, 5) is 34.7. The van der Waals surface area contributed by atoms with Crippen LogP contribution in [0, 0.1) is 11.8 Å². The molecule has 0 aliphatic heterocycles. The zero-order valence-electron chi connectivity index (χ0n) is 15.3. The van der Waals surface area contributed by atoms with Crippen molar-refractivity contribution in [3.63, 3.8) is 0 Å². The van der Waals surface area contributed by atoms with Crippen molar-refractivity contribution in [1.82, 2.24) is 25.6 Å². The van der Waals surface area contributed by atoms with Gasteiger partial charge in [-0.25, -0.2) is 0 Å². The molecule has 0 aromatic carbocycles. The summed E-state index contributed by atoms with van der Waals surface area (Å²) in [6.45, 7) is 8.89. The minimum atomic E-state index is -0.364. The fraction of sp³-hybridized carbons (Fsp3) is 0.588. The number of hydrogen-bond acceptors (Lipinski definition) is 5. The first-order valence-corrected chi connectivity index (χ1v) is 8.43. The quantitative estimate of drug-likeness (QED) is 0.609. The third kappa shape index (κ3) is 8.78. The molecule has 0 aliphatic carbocycles. The standard InChI is InChI=1S/C17H27N5O3/c1-12(2)9-18-17(25)7-8-22-11-14(20-21-22)10-19-16(24)6-5-15(23)13(3)4/h5-6,11-13H,7-10H2,1-4H3,(H,18,25)(H,19,24)/b6-5-. The van der Waals surface area contributed by atoms with Crippen LogP contribution in [-0.4, -0.2) is 39.1 Å². The van der Waals surface area contributed by atoms with Gasteiger partial charge in [-0.2, -0.15) is 0 Å². The SMILES string of the molecule is CC(C)CNC(=O)CCn1cc(CNC(=O)/C=C\C(=O)C(C)C)nn1. The minimum Gasteiger partial charge on any atom is -0.356 e. The van der Waals surface area contributed by atoms with Crippen molar-refractivity contribution in [2.45, 2.75) is 47.2 Å². The molecule has 0 radical (unpaired) electrons. The van der Waals surface area contributed by atoms with Gasteiger partial charge in [-0.15, -0.1) is 5.10 Å². The molecule has 0 atom stereocenters. The first-order chi connectivity index (χ1) is 11.8. The van der Waals surface area contributed by atoms with Gasteiger partial charge in [0.15, 0.2) is 5.78 Å². The van der Waals surface area contributed by atoms with E-state index in [-0.39, 0.29) is 30.1 Å². The molecular weight excluding hydrogens is 322 g/mol. The molecule has 0 fully saturated rings. The second kappa shape index (κ2) is 10.4. The molecule has 25 heavy (non-hydrogen) atoms. The maximum atomic E-state index is 11.7. The predicted octanol–water partition coefficient (Wildman–Crippen LogP) is 0.838. The first-order valence-electron chi connectivity index (χ1n) is 8.43. The minimum absolute atomic E-state index is 0.0287. The lowest BCUT2D eigenvalue weighted by molar-refractivity contribution is -0.121. The van der Waals surface area contributed by atoms with Gasteiger partial charge in [-0.3, -0.25) is 19.1 Å². The lowest BCUT2D eigenvalue weighted by atomic mass is 10.1. The van der Waals surface area contributed by atoms with Crippen molar-refractivity contribution in [3.05, 3.63) is 24.0 Å². The van der Waals surface area contributed by atoms with Crippen LogP contribution in [0.25, 0.3) is 0 Å². The summed E-state index contributed by atoms with van der Waals surface area (Å²) in [6, 6.07) is 0. The number of hydrogen-bond donors (Lipinski definition) is 2. The summed E-state index contributed by atoms with van der Waals surface area (Å²) in [5, 5.41) is 13.3. The van der Waals surface area contributed by atoms with Gasteiger partial charge in [-0.1, -0.05) is 32.9 Å². The number of rotatable bonds is 10. The first kappa shape index (κ1) is 20.5. The Balaban J connectivity index is 2.34. The van der Waals surface area contributed by atoms with Gasteiger partial charge in [0.25, 0.3) is 0 Å². The van der Waals surface area contributed by atoms with E-state index in [1.807, 2.05) is 13.8 Å². The number of amides is 2. The number of aromatic nitrogens is 3. The van der Waals surface area contributed by atoms with Crippen LogP contribution in [0.5, 0.6) is 0 Å². The Labute approximate surface area is 148 Å². The highest BCUT2D eigenvalue weighted by Gasteiger charge is 2.07. The van der Waals surface area contributed by atoms with Gasteiger partial charge in [0.2, 0.25) is 11.8 Å². The maximum Gasteiger partial charge on any atom is 0.244 e. The van der Waals surface area contributed by atoms with Crippen LogP contribution < -0.4 is 10.6 Å². The van der Waals surface area contributed by atoms with Crippen molar-refractivity contribution >= 4 is 17.6 Å². The van der Waals surface area contributed by atoms with Crippen molar-refractivity contribution in [2.75, 3.05) is 6.54 Å². The highest BCUT2D eigenvalue weighted by Crippen LogP contribution is 1.97. The third-order valence-electron chi connectivity index (χ3n) is 3.27. The van der Waals surface area contributed by atoms with Gasteiger partial charge < -0.3 is 10.6 Å². The van der Waals surface area contributed by atoms with E-state index >= 15 is 0 Å². The van der Waals surface area contributed by atoms with Crippen molar-refractivity contribution in [1.29, 1.82) is 0 Å². The molecule has 1 heterocycles. The summed E-state index contributed by atoms with van der Waals surface area (Å²) in [6.07, 6.45) is 4.49. The van der Waals surface area contributed by atoms with E-state index in [0.29, 0.717) is 31.1 Å². The van der Waals surface area contributed by atoms with Gasteiger partial charge in [0.1, 0.15) is 5.69 Å². The predicted molar refractivity (Wildman–Crippen MR) is 93.3 cm³/mol. The lowest BCUT2D eigenvalue weighted by Gasteiger charge is -2.07. The van der Waals surface area contributed by atoms with Crippen LogP contribution in [0.15, 0.2) is 18.3 Å². The molecule has 1 aromatic rings. The van der Waals surface area contributed by atoms with Crippen LogP contribution in [-0.2, 0) is 27.5 Å². The number of nitrogens with one attached hydrogen (secondary N) is 2. The van der Waals surface area contributed by atoms with E-state index in [1.54, 1.807) is 24.7 Å². The zero-order chi connectivity index (χ0) is 18.8. The van der Waals surface area contributed by atoms with E-state index in [0.717, 1.165) is 0 Å². The Kier molecular flexibility index (Phi) is 8.52. The third-order valence-corrected chi connectivity index (χ3v) is 3.27. The van der Waals surface area contributed by atoms with Gasteiger partial charge >= 0.3 is 0 Å². The van der Waals surface area contributed by atoms with E-state index in [9.17, 15) is 14.4 Å². The van der Waals surface area contributed by atoms with Crippen LogP contribution in [0.2, 0.25) is 0 Å². The molecule has 8 heteroatoms. The topological polar surface area (TPSA) is 106 Å². The smallest absolute Gasteiger partial charge is 0.244 e. The molecule has 0 spiro atoms. The zero-order valence-corrected chi connectivity index (χ0v) is 15.3. The number of carbonyl (C=O) groups is 3. The van der Waals surface area contributed by atoms with Crippen LogP contribution in [0.3, 0.4) is 0 Å². The van der Waals surface area contributed by atoms with E-state index < -0.39 is 0 Å². The lowest BCUT2D eigenvalue weighted by Crippen LogP contribution is -2.28. The largest absolute Gasteiger partial charge is 0.356 e. The fourth-order valence-electron chi connectivity index (χ4n) is 1.74. The Morgan fingerprint density at radius 1 is 1.16 bits per heavy atom. The monoisotopic (exact) mass is 349 g/mol. The summed E-state index contributed by atoms with van der Waals surface area (Å²) < 4.78 is 1.56. The second-order valence-corrected chi connectivity index (χ2v) is 6.53. The van der Waals surface area contributed by atoms with Crippen LogP contribution in [0.1, 0.15) is 39.8 Å². The summed E-state index contributed by atoms with van der Waals surface area (Å²) in [5.41, 5.74) is 0.583. The normalized spacial score (nSPS) is 11.3. The number of allylic oxidation sites excluding steroid dienone is 1. The summed E-state index contributed by atoms with van der Waals surface area (Å²) in [5.74, 6) is -0.218. The average Bonchev–Trinajstić information content (AvgIpc) is 3.01. The molecule has 0 unspecified atom stereocenters. The molecule has 0 bridgehead atoms. The molecule has 1 aromatic heterocycles. The molecule has 0 saturated carbocycles. The molecular formula is C17H27N5O3. The van der Waals surface area contributed by atoms with Gasteiger partial charge in [-0.05, 0) is 12.0 Å². The Morgan fingerprint density at radius 3 is 2.52 bits per heavy atom. The highest BCUT2D eigenvalue weighted by molar-refractivity contribution is 5.98. The second-order valence-electron chi connectivity index (χ2n) is 6.53. The number of ketones is 1.